The van der Waals surface area contributed by atoms with Gasteiger partial charge < -0.3 is 20.7 Å². The molecule has 1 fully saturated rings. The van der Waals surface area contributed by atoms with E-state index in [0.717, 1.165) is 12.3 Å². The highest BCUT2D eigenvalue weighted by atomic mass is 19.3. The maximum Gasteiger partial charge on any atom is 0.351 e. The lowest BCUT2D eigenvalue weighted by molar-refractivity contribution is -0.141. The molecule has 4 N–H and O–H groups in total. The van der Waals surface area contributed by atoms with Crippen LogP contribution < -0.4 is 11.4 Å². The topological polar surface area (TPSA) is 111 Å². The highest BCUT2D eigenvalue weighted by molar-refractivity contribution is 5.23. The lowest BCUT2D eigenvalue weighted by atomic mass is 10.1. The van der Waals surface area contributed by atoms with Gasteiger partial charge in [-0.1, -0.05) is 5.92 Å². The Hall–Kier alpha value is -2.02. The molecule has 0 spiro atoms. The second-order valence-corrected chi connectivity index (χ2v) is 4.23. The number of aliphatic hydroxyl groups excluding tert-OH is 2. The van der Waals surface area contributed by atoms with E-state index in [9.17, 15) is 23.8 Å². The number of nitrogens with two attached hydrogens (primary N) is 1. The van der Waals surface area contributed by atoms with Crippen LogP contribution in [0.15, 0.2) is 17.1 Å². The molecule has 1 saturated heterocycles. The summed E-state index contributed by atoms with van der Waals surface area (Å²) < 4.78 is 33.2. The van der Waals surface area contributed by atoms with Crippen molar-refractivity contribution in [3.8, 4) is 12.3 Å². The van der Waals surface area contributed by atoms with Crippen molar-refractivity contribution >= 4 is 5.82 Å². The summed E-state index contributed by atoms with van der Waals surface area (Å²) in [4.78, 5) is 14.8. The number of hydrogen-bond donors (Lipinski definition) is 3. The molecule has 7 nitrogen and oxygen atoms in total. The first-order chi connectivity index (χ1) is 9.28. The average Bonchev–Trinajstić information content (AvgIpc) is 2.61. The number of ether oxygens (including phenoxy) is 1. The molecule has 2 rings (SSSR count). The molecule has 2 heterocycles. The summed E-state index contributed by atoms with van der Waals surface area (Å²) in [5.74, 6) is -2.19. The third-order valence-electron chi connectivity index (χ3n) is 2.91. The van der Waals surface area contributed by atoms with Crippen LogP contribution in [0.5, 0.6) is 0 Å². The largest absolute Gasteiger partial charge is 0.384 e. The van der Waals surface area contributed by atoms with Gasteiger partial charge in [0.2, 0.25) is 6.23 Å². The van der Waals surface area contributed by atoms with Gasteiger partial charge in [0.1, 0.15) is 18.0 Å². The van der Waals surface area contributed by atoms with Crippen molar-refractivity contribution < 1.29 is 23.7 Å². The van der Waals surface area contributed by atoms with E-state index in [1.54, 1.807) is 5.92 Å². The van der Waals surface area contributed by atoms with Crippen LogP contribution in [0.3, 0.4) is 0 Å². The van der Waals surface area contributed by atoms with E-state index >= 15 is 0 Å². The molecular weight excluding hydrogens is 276 g/mol. The first kappa shape index (κ1) is 14.4. The molecule has 1 aromatic heterocycles. The van der Waals surface area contributed by atoms with E-state index in [-0.39, 0.29) is 5.82 Å². The number of nitrogen functional groups attached to an aromatic ring is 1. The van der Waals surface area contributed by atoms with E-state index in [0.29, 0.717) is 4.57 Å². The van der Waals surface area contributed by atoms with Crippen molar-refractivity contribution in [3.63, 3.8) is 0 Å². The average molecular weight is 287 g/mol. The molecule has 0 aromatic carbocycles. The van der Waals surface area contributed by atoms with Gasteiger partial charge in [-0.05, 0) is 6.07 Å². The maximum absolute atomic E-state index is 13.9. The van der Waals surface area contributed by atoms with Gasteiger partial charge in [-0.2, -0.15) is 13.8 Å². The fourth-order valence-corrected chi connectivity index (χ4v) is 1.88. The zero-order valence-corrected chi connectivity index (χ0v) is 9.98. The number of aliphatic hydroxyl groups is 2. The minimum absolute atomic E-state index is 0.145. The first-order valence-corrected chi connectivity index (χ1v) is 5.49. The fourth-order valence-electron chi connectivity index (χ4n) is 1.88. The van der Waals surface area contributed by atoms with Crippen LogP contribution in [-0.4, -0.2) is 44.0 Å². The maximum atomic E-state index is 13.9. The molecule has 4 atom stereocenters. The first-order valence-electron chi connectivity index (χ1n) is 5.49. The van der Waals surface area contributed by atoms with E-state index in [1.165, 1.54) is 0 Å². The molecule has 20 heavy (non-hydrogen) atoms. The zero-order valence-electron chi connectivity index (χ0n) is 9.98. The smallest absolute Gasteiger partial charge is 0.351 e. The van der Waals surface area contributed by atoms with Crippen LogP contribution in [0, 0.1) is 12.3 Å². The Labute approximate surface area is 111 Å². The summed E-state index contributed by atoms with van der Waals surface area (Å²) >= 11 is 0. The SMILES string of the molecule is C#CC(O)[C@H]1O[C@@H](n2ccc(N)nc2=O)C(F)(F)[C@@H]1O. The van der Waals surface area contributed by atoms with Crippen LogP contribution in [-0.2, 0) is 4.74 Å². The van der Waals surface area contributed by atoms with E-state index in [1.807, 2.05) is 0 Å². The number of nitrogens with zero attached hydrogens (tertiary/aromatic N) is 2. The second-order valence-electron chi connectivity index (χ2n) is 4.23. The lowest BCUT2D eigenvalue weighted by Gasteiger charge is -2.20. The Morgan fingerprint density at radius 1 is 1.65 bits per heavy atom. The summed E-state index contributed by atoms with van der Waals surface area (Å²) in [5.41, 5.74) is 4.18. The number of rotatable bonds is 2. The molecule has 1 aromatic rings. The predicted molar refractivity (Wildman–Crippen MR) is 62.6 cm³/mol. The second kappa shape index (κ2) is 4.82. The van der Waals surface area contributed by atoms with Gasteiger partial charge in [-0.25, -0.2) is 4.79 Å². The van der Waals surface area contributed by atoms with Crippen molar-refractivity contribution in [2.45, 2.75) is 30.5 Å². The molecule has 0 amide bonds. The Morgan fingerprint density at radius 3 is 2.85 bits per heavy atom. The van der Waals surface area contributed by atoms with E-state index < -0.39 is 36.2 Å². The summed E-state index contributed by atoms with van der Waals surface area (Å²) in [6.07, 6.45) is -2.09. The van der Waals surface area contributed by atoms with E-state index in [2.05, 4.69) is 4.98 Å². The van der Waals surface area contributed by atoms with Crippen molar-refractivity contribution in [1.82, 2.24) is 9.55 Å². The lowest BCUT2D eigenvalue weighted by Crippen LogP contribution is -2.43. The summed E-state index contributed by atoms with van der Waals surface area (Å²) in [6.45, 7) is 0. The van der Waals surface area contributed by atoms with E-state index in [4.69, 9.17) is 16.9 Å². The molecule has 1 aliphatic heterocycles. The summed E-state index contributed by atoms with van der Waals surface area (Å²) in [6, 6.07) is 1.12. The monoisotopic (exact) mass is 287 g/mol. The number of terminal acetylenes is 1. The highest BCUT2D eigenvalue weighted by Crippen LogP contribution is 2.43. The van der Waals surface area contributed by atoms with Crippen molar-refractivity contribution in [2.24, 2.45) is 0 Å². The van der Waals surface area contributed by atoms with Crippen LogP contribution in [0.25, 0.3) is 0 Å². The number of anilines is 1. The predicted octanol–water partition coefficient (Wildman–Crippen LogP) is -1.29. The molecule has 9 heteroatoms. The van der Waals surface area contributed by atoms with Crippen LogP contribution in [0.1, 0.15) is 6.23 Å². The number of hydrogen-bond acceptors (Lipinski definition) is 6. The van der Waals surface area contributed by atoms with Crippen molar-refractivity contribution in [2.75, 3.05) is 5.73 Å². The Kier molecular flexibility index (Phi) is 3.47. The molecule has 108 valence electrons. The molecule has 0 bridgehead atoms. The Bertz CT molecular complexity index is 612. The van der Waals surface area contributed by atoms with Gasteiger partial charge in [-0.15, -0.1) is 6.42 Å². The standard InChI is InChI=1S/C11H11F2N3O4/c1-2-5(17)7-8(18)11(12,13)9(20-7)16-4-3-6(14)15-10(16)19/h1,3-5,7-9,17-18H,(H2,14,15,19)/t5?,7-,8-,9-/m1/s1. The Balaban J connectivity index is 2.42. The quantitative estimate of drug-likeness (QED) is 0.584. The van der Waals surface area contributed by atoms with Gasteiger partial charge in [0, 0.05) is 6.20 Å². The van der Waals surface area contributed by atoms with Gasteiger partial charge in [0.15, 0.2) is 6.10 Å². The van der Waals surface area contributed by atoms with Crippen LogP contribution >= 0.6 is 0 Å². The molecule has 0 aliphatic carbocycles. The van der Waals surface area contributed by atoms with Crippen molar-refractivity contribution in [3.05, 3.63) is 22.7 Å². The number of aromatic nitrogens is 2. The van der Waals surface area contributed by atoms with Gasteiger partial charge in [0.05, 0.1) is 0 Å². The summed E-state index contributed by atoms with van der Waals surface area (Å²) in [7, 11) is 0. The summed E-state index contributed by atoms with van der Waals surface area (Å²) in [5, 5.41) is 18.9. The number of alkyl halides is 2. The number of halogens is 2. The molecule has 0 radical (unpaired) electrons. The normalized spacial score (nSPS) is 29.9. The molecule has 1 aliphatic rings. The van der Waals surface area contributed by atoms with Crippen LogP contribution in [0.2, 0.25) is 0 Å². The van der Waals surface area contributed by atoms with Crippen molar-refractivity contribution in [1.29, 1.82) is 0 Å². The van der Waals surface area contributed by atoms with Crippen LogP contribution in [0.4, 0.5) is 14.6 Å². The third-order valence-corrected chi connectivity index (χ3v) is 2.91. The highest BCUT2D eigenvalue weighted by Gasteiger charge is 2.61. The van der Waals surface area contributed by atoms with Gasteiger partial charge in [-0.3, -0.25) is 4.57 Å². The molecule has 0 saturated carbocycles. The Morgan fingerprint density at radius 2 is 2.30 bits per heavy atom. The van der Waals surface area contributed by atoms with Gasteiger partial charge in [0.25, 0.3) is 0 Å². The third kappa shape index (κ3) is 2.14. The minimum Gasteiger partial charge on any atom is -0.384 e. The fraction of sp³-hybridized carbons (Fsp3) is 0.455. The minimum atomic E-state index is -3.83. The molecular formula is C11H11F2N3O4. The zero-order chi connectivity index (χ0) is 15.1. The molecule has 1 unspecified atom stereocenters. The van der Waals surface area contributed by atoms with Gasteiger partial charge >= 0.3 is 11.6 Å².